The van der Waals surface area contributed by atoms with Gasteiger partial charge in [-0.25, -0.2) is 9.78 Å². The fourth-order valence-electron chi connectivity index (χ4n) is 2.55. The Morgan fingerprint density at radius 1 is 1.38 bits per heavy atom. The molecular formula is C15H17N3O3. The molecule has 21 heavy (non-hydrogen) atoms. The van der Waals surface area contributed by atoms with Crippen molar-refractivity contribution in [1.29, 1.82) is 0 Å². The van der Waals surface area contributed by atoms with E-state index < -0.39 is 17.4 Å². The molecule has 0 aliphatic heterocycles. The number of carbonyl (C=O) groups excluding carboxylic acids is 1. The maximum Gasteiger partial charge on any atom is 0.335 e. The van der Waals surface area contributed by atoms with Gasteiger partial charge in [-0.15, -0.1) is 0 Å². The maximum absolute atomic E-state index is 11.8. The fourth-order valence-corrected chi connectivity index (χ4v) is 2.55. The molecule has 1 aromatic heterocycles. The van der Waals surface area contributed by atoms with E-state index in [0.717, 1.165) is 24.2 Å². The third-order valence-corrected chi connectivity index (χ3v) is 4.03. The highest BCUT2D eigenvalue weighted by Gasteiger charge is 2.37. The molecule has 6 nitrogen and oxygen atoms in total. The van der Waals surface area contributed by atoms with Crippen LogP contribution in [-0.2, 0) is 10.3 Å². The second-order valence-electron chi connectivity index (χ2n) is 6.01. The van der Waals surface area contributed by atoms with Crippen LogP contribution >= 0.6 is 0 Å². The van der Waals surface area contributed by atoms with Crippen molar-refractivity contribution in [3.05, 3.63) is 29.6 Å². The van der Waals surface area contributed by atoms with Crippen molar-refractivity contribution in [2.45, 2.75) is 38.1 Å². The topological polar surface area (TPSA) is 98.2 Å². The molecule has 0 radical (unpaired) electrons. The van der Waals surface area contributed by atoms with Gasteiger partial charge in [-0.05, 0) is 44.9 Å². The van der Waals surface area contributed by atoms with Crippen LogP contribution in [0.1, 0.15) is 48.8 Å². The number of carboxylic acid groups (broad SMARTS) is 1. The molecule has 1 aliphatic rings. The minimum Gasteiger partial charge on any atom is -0.478 e. The van der Waals surface area contributed by atoms with E-state index in [2.05, 4.69) is 4.98 Å². The zero-order chi connectivity index (χ0) is 15.4. The molecule has 0 unspecified atom stereocenters. The number of hydrogen-bond donors (Lipinski definition) is 2. The second-order valence-corrected chi connectivity index (χ2v) is 6.01. The van der Waals surface area contributed by atoms with Gasteiger partial charge < -0.3 is 15.4 Å². The Morgan fingerprint density at radius 2 is 2.05 bits per heavy atom. The molecule has 0 atom stereocenters. The largest absolute Gasteiger partial charge is 0.478 e. The number of rotatable bonds is 4. The van der Waals surface area contributed by atoms with Gasteiger partial charge in [0.2, 0.25) is 5.91 Å². The van der Waals surface area contributed by atoms with E-state index in [4.69, 9.17) is 10.8 Å². The molecule has 1 saturated carbocycles. The molecular weight excluding hydrogens is 270 g/mol. The number of primary amides is 1. The van der Waals surface area contributed by atoms with E-state index in [-0.39, 0.29) is 5.56 Å². The van der Waals surface area contributed by atoms with Crippen molar-refractivity contribution in [3.8, 4) is 0 Å². The first-order valence-electron chi connectivity index (χ1n) is 6.88. The lowest BCUT2D eigenvalue weighted by Crippen LogP contribution is -2.41. The van der Waals surface area contributed by atoms with Gasteiger partial charge in [-0.3, -0.25) is 4.79 Å². The van der Waals surface area contributed by atoms with Gasteiger partial charge in [0.25, 0.3) is 0 Å². The molecule has 1 amide bonds. The standard InChI is InChI=1S/C15H17N3O3/c1-15(2,14(16)21)18-11-6-5-9(13(19)20)7-10(11)17-12(18)8-3-4-8/h5-8H,3-4H2,1-2H3,(H2,16,21)(H,19,20). The Kier molecular flexibility index (Phi) is 2.79. The minimum absolute atomic E-state index is 0.186. The van der Waals surface area contributed by atoms with E-state index >= 15 is 0 Å². The number of aromatic carboxylic acids is 1. The average molecular weight is 287 g/mol. The lowest BCUT2D eigenvalue weighted by Gasteiger charge is -2.26. The Bertz CT molecular complexity index is 757. The van der Waals surface area contributed by atoms with E-state index in [1.54, 1.807) is 19.9 Å². The lowest BCUT2D eigenvalue weighted by molar-refractivity contribution is -0.125. The molecule has 6 heteroatoms. The monoisotopic (exact) mass is 287 g/mol. The Morgan fingerprint density at radius 3 is 2.57 bits per heavy atom. The number of benzene rings is 1. The maximum atomic E-state index is 11.8. The van der Waals surface area contributed by atoms with Crippen LogP contribution in [0.4, 0.5) is 0 Å². The van der Waals surface area contributed by atoms with Gasteiger partial charge in [-0.2, -0.15) is 0 Å². The van der Waals surface area contributed by atoms with Gasteiger partial charge in [0.1, 0.15) is 11.4 Å². The van der Waals surface area contributed by atoms with Crippen LogP contribution in [0.3, 0.4) is 0 Å². The fraction of sp³-hybridized carbons (Fsp3) is 0.400. The number of aromatic nitrogens is 2. The van der Waals surface area contributed by atoms with Crippen molar-refractivity contribution >= 4 is 22.9 Å². The summed E-state index contributed by atoms with van der Waals surface area (Å²) < 4.78 is 1.86. The number of carboxylic acids is 1. The number of imidazole rings is 1. The summed E-state index contributed by atoms with van der Waals surface area (Å²) in [7, 11) is 0. The van der Waals surface area contributed by atoms with Gasteiger partial charge in [-0.1, -0.05) is 0 Å². The summed E-state index contributed by atoms with van der Waals surface area (Å²) in [5.41, 5.74) is 6.15. The van der Waals surface area contributed by atoms with Crippen molar-refractivity contribution in [1.82, 2.24) is 9.55 Å². The van der Waals surface area contributed by atoms with Crippen LogP contribution < -0.4 is 5.73 Å². The number of fused-ring (bicyclic) bond motifs is 1. The molecule has 0 bridgehead atoms. The zero-order valence-electron chi connectivity index (χ0n) is 12.0. The van der Waals surface area contributed by atoms with Crippen molar-refractivity contribution in [3.63, 3.8) is 0 Å². The first-order chi connectivity index (χ1) is 9.82. The van der Waals surface area contributed by atoms with Gasteiger partial charge in [0.05, 0.1) is 16.6 Å². The highest BCUT2D eigenvalue weighted by atomic mass is 16.4. The SMILES string of the molecule is CC(C)(C(N)=O)n1c(C2CC2)nc2cc(C(=O)O)ccc21. The summed E-state index contributed by atoms with van der Waals surface area (Å²) in [6.07, 6.45) is 2.06. The number of nitrogens with two attached hydrogens (primary N) is 1. The summed E-state index contributed by atoms with van der Waals surface area (Å²) in [4.78, 5) is 27.5. The number of nitrogens with zero attached hydrogens (tertiary/aromatic N) is 2. The molecule has 3 N–H and O–H groups in total. The van der Waals surface area contributed by atoms with E-state index in [9.17, 15) is 9.59 Å². The Balaban J connectivity index is 2.28. The predicted octanol–water partition coefficient (Wildman–Crippen LogP) is 1.83. The second kappa shape index (κ2) is 4.31. The normalized spacial score (nSPS) is 15.3. The molecule has 1 aliphatic carbocycles. The molecule has 1 heterocycles. The van der Waals surface area contributed by atoms with Crippen LogP contribution in [0.2, 0.25) is 0 Å². The van der Waals surface area contributed by atoms with Crippen LogP contribution in [0, 0.1) is 0 Å². The summed E-state index contributed by atoms with van der Waals surface area (Å²) in [5, 5.41) is 9.08. The summed E-state index contributed by atoms with van der Waals surface area (Å²) in [6.45, 7) is 3.51. The van der Waals surface area contributed by atoms with E-state index in [1.807, 2.05) is 4.57 Å². The summed E-state index contributed by atoms with van der Waals surface area (Å²) in [5.74, 6) is -0.291. The van der Waals surface area contributed by atoms with Gasteiger partial charge in [0.15, 0.2) is 0 Å². The van der Waals surface area contributed by atoms with Crippen molar-refractivity contribution in [2.24, 2.45) is 5.73 Å². The lowest BCUT2D eigenvalue weighted by atomic mass is 10.0. The molecule has 0 spiro atoms. The van der Waals surface area contributed by atoms with E-state index in [1.165, 1.54) is 12.1 Å². The Labute approximate surface area is 121 Å². The average Bonchev–Trinajstić information content (AvgIpc) is 3.17. The third kappa shape index (κ3) is 2.07. The number of amides is 1. The summed E-state index contributed by atoms with van der Waals surface area (Å²) in [6, 6.07) is 4.76. The van der Waals surface area contributed by atoms with E-state index in [0.29, 0.717) is 11.4 Å². The molecule has 0 saturated heterocycles. The van der Waals surface area contributed by atoms with Crippen molar-refractivity contribution < 1.29 is 14.7 Å². The molecule has 1 fully saturated rings. The van der Waals surface area contributed by atoms with Gasteiger partial charge >= 0.3 is 5.97 Å². The quantitative estimate of drug-likeness (QED) is 0.896. The first kappa shape index (κ1) is 13.6. The van der Waals surface area contributed by atoms with Crippen LogP contribution in [0.25, 0.3) is 11.0 Å². The number of hydrogen-bond acceptors (Lipinski definition) is 3. The number of carbonyl (C=O) groups is 2. The van der Waals surface area contributed by atoms with Crippen LogP contribution in [0.15, 0.2) is 18.2 Å². The van der Waals surface area contributed by atoms with Crippen LogP contribution in [0.5, 0.6) is 0 Å². The highest BCUT2D eigenvalue weighted by molar-refractivity contribution is 5.93. The molecule has 110 valence electrons. The first-order valence-corrected chi connectivity index (χ1v) is 6.88. The molecule has 2 aromatic rings. The highest BCUT2D eigenvalue weighted by Crippen LogP contribution is 2.42. The van der Waals surface area contributed by atoms with Gasteiger partial charge in [0, 0.05) is 5.92 Å². The predicted molar refractivity (Wildman–Crippen MR) is 77.2 cm³/mol. The third-order valence-electron chi connectivity index (χ3n) is 4.03. The molecule has 3 rings (SSSR count). The smallest absolute Gasteiger partial charge is 0.335 e. The minimum atomic E-state index is -0.992. The Hall–Kier alpha value is -2.37. The zero-order valence-corrected chi connectivity index (χ0v) is 12.0. The summed E-state index contributed by atoms with van der Waals surface area (Å²) >= 11 is 0. The van der Waals surface area contributed by atoms with Crippen LogP contribution in [-0.4, -0.2) is 26.5 Å². The molecule has 1 aromatic carbocycles. The van der Waals surface area contributed by atoms with Crippen molar-refractivity contribution in [2.75, 3.05) is 0 Å².